The highest BCUT2D eigenvalue weighted by Crippen LogP contribution is 2.38. The maximum atomic E-state index is 12.6. The van der Waals surface area contributed by atoms with Crippen LogP contribution >= 0.6 is 11.3 Å². The normalized spacial score (nSPS) is 16.9. The van der Waals surface area contributed by atoms with E-state index >= 15 is 0 Å². The molecule has 0 saturated carbocycles. The van der Waals surface area contributed by atoms with Gasteiger partial charge in [-0.1, -0.05) is 35.0 Å². The fraction of sp³-hybridized carbons (Fsp3) is 0.238. The Kier molecular flexibility index (Phi) is 4.28. The topological polar surface area (TPSA) is 104 Å². The molecule has 1 aliphatic rings. The van der Waals surface area contributed by atoms with Crippen molar-refractivity contribution in [2.75, 3.05) is 5.73 Å². The molecule has 146 valence electrons. The van der Waals surface area contributed by atoms with Crippen LogP contribution in [0.2, 0.25) is 0 Å². The molecule has 0 amide bonds. The number of aromatic nitrogens is 3. The van der Waals surface area contributed by atoms with Crippen LogP contribution in [-0.4, -0.2) is 16.2 Å². The lowest BCUT2D eigenvalue weighted by atomic mass is 9.82. The van der Waals surface area contributed by atoms with Crippen molar-refractivity contribution >= 4 is 39.0 Å². The second kappa shape index (κ2) is 6.97. The third kappa shape index (κ3) is 3.25. The molecule has 0 spiro atoms. The molecular formula is C21H19N5O2S. The van der Waals surface area contributed by atoms with Gasteiger partial charge < -0.3 is 10.8 Å². The number of benzene rings is 1. The maximum absolute atomic E-state index is 12.6. The van der Waals surface area contributed by atoms with Gasteiger partial charge in [0, 0.05) is 17.0 Å². The minimum Gasteiger partial charge on any atom is -0.857 e. The maximum Gasteiger partial charge on any atom is 0.320 e. The highest BCUT2D eigenvalue weighted by atomic mass is 32.1. The van der Waals surface area contributed by atoms with Crippen LogP contribution in [0.3, 0.4) is 0 Å². The summed E-state index contributed by atoms with van der Waals surface area (Å²) in [5.41, 5.74) is 10.4. The molecule has 0 aliphatic heterocycles. The Hall–Kier alpha value is -3.26. The Morgan fingerprint density at radius 3 is 2.93 bits per heavy atom. The van der Waals surface area contributed by atoms with Crippen molar-refractivity contribution in [3.05, 3.63) is 64.3 Å². The van der Waals surface area contributed by atoms with Gasteiger partial charge in [0.25, 0.3) is 6.20 Å². The Morgan fingerprint density at radius 1 is 1.34 bits per heavy atom. The van der Waals surface area contributed by atoms with Crippen LogP contribution < -0.4 is 15.5 Å². The molecule has 3 aromatic heterocycles. The fourth-order valence-electron chi connectivity index (χ4n) is 3.87. The number of hydrogen-bond acceptors (Lipinski definition) is 7. The summed E-state index contributed by atoms with van der Waals surface area (Å²) in [4.78, 5) is 9.95. The molecule has 2 N–H and O–H groups in total. The average molecular weight is 405 g/mol. The fourth-order valence-corrected chi connectivity index (χ4v) is 4.85. The summed E-state index contributed by atoms with van der Waals surface area (Å²) in [6.07, 6.45) is 4.45. The smallest absolute Gasteiger partial charge is 0.320 e. The molecule has 3 heterocycles. The molecule has 7 nitrogen and oxygen atoms in total. The van der Waals surface area contributed by atoms with Gasteiger partial charge in [0.15, 0.2) is 12.3 Å². The van der Waals surface area contributed by atoms with E-state index in [1.54, 1.807) is 7.05 Å². The average Bonchev–Trinajstić information content (AvgIpc) is 3.29. The van der Waals surface area contributed by atoms with Crippen molar-refractivity contribution in [2.24, 2.45) is 12.0 Å². The highest BCUT2D eigenvalue weighted by Gasteiger charge is 2.23. The molecule has 0 saturated heterocycles. The van der Waals surface area contributed by atoms with Gasteiger partial charge in [-0.15, -0.1) is 11.3 Å². The third-order valence-corrected chi connectivity index (χ3v) is 6.43. The second-order valence-electron chi connectivity index (χ2n) is 7.27. The first kappa shape index (κ1) is 17.8. The Labute approximate surface area is 171 Å². The third-order valence-electron chi connectivity index (χ3n) is 5.32. The Balaban J connectivity index is 1.51. The van der Waals surface area contributed by atoms with Crippen molar-refractivity contribution in [3.8, 4) is 0 Å². The van der Waals surface area contributed by atoms with Gasteiger partial charge >= 0.3 is 5.88 Å². The van der Waals surface area contributed by atoms with Gasteiger partial charge in [0.2, 0.25) is 0 Å². The van der Waals surface area contributed by atoms with Crippen LogP contribution in [0.15, 0.2) is 52.1 Å². The first-order valence-electron chi connectivity index (χ1n) is 9.43. The van der Waals surface area contributed by atoms with E-state index < -0.39 is 5.90 Å². The number of nitrogen functional groups attached to an aromatic ring is 1. The van der Waals surface area contributed by atoms with Gasteiger partial charge in [-0.3, -0.25) is 4.52 Å². The van der Waals surface area contributed by atoms with Crippen molar-refractivity contribution in [2.45, 2.75) is 25.2 Å². The molecule has 1 aromatic carbocycles. The summed E-state index contributed by atoms with van der Waals surface area (Å²) in [6, 6.07) is 12.7. The molecule has 8 heteroatoms. The number of aryl methyl sites for hydroxylation is 2. The van der Waals surface area contributed by atoms with Crippen molar-refractivity contribution < 1.29 is 14.3 Å². The molecule has 1 atom stereocenters. The van der Waals surface area contributed by atoms with Crippen LogP contribution in [0.25, 0.3) is 10.2 Å². The number of nitrogens with zero attached hydrogens (tertiary/aromatic N) is 4. The van der Waals surface area contributed by atoms with Crippen LogP contribution in [0.4, 0.5) is 11.6 Å². The first-order valence-corrected chi connectivity index (χ1v) is 10.2. The predicted molar refractivity (Wildman–Crippen MR) is 109 cm³/mol. The van der Waals surface area contributed by atoms with E-state index in [0.29, 0.717) is 16.5 Å². The zero-order valence-corrected chi connectivity index (χ0v) is 16.6. The lowest BCUT2D eigenvalue weighted by molar-refractivity contribution is -0.739. The zero-order chi connectivity index (χ0) is 20.0. The molecule has 0 fully saturated rings. The first-order chi connectivity index (χ1) is 14.1. The number of thiophene rings is 1. The molecule has 0 radical (unpaired) electrons. The quantitative estimate of drug-likeness (QED) is 0.320. The monoisotopic (exact) mass is 405 g/mol. The standard InChI is InChI=1S/C21H19N5O2S/c1-26-11-17(28-25-26)24-20(27)19-18(22)15-10-14-9-13(12-5-3-2-4-6-12)7-8-16(14)23-21(15)29-19/h2-6,10-11,13H,7-9H2,1H3,(H2-,22,24,25,27). The summed E-state index contributed by atoms with van der Waals surface area (Å²) in [5.74, 6) is 0.181. The number of hydrogen-bond donors (Lipinski definition) is 1. The zero-order valence-electron chi connectivity index (χ0n) is 15.8. The summed E-state index contributed by atoms with van der Waals surface area (Å²) in [6.45, 7) is 0. The van der Waals surface area contributed by atoms with E-state index in [9.17, 15) is 5.11 Å². The van der Waals surface area contributed by atoms with E-state index in [1.807, 2.05) is 6.07 Å². The molecule has 1 unspecified atom stereocenters. The van der Waals surface area contributed by atoms with Gasteiger partial charge in [0.05, 0.1) is 10.6 Å². The van der Waals surface area contributed by atoms with Gasteiger partial charge in [-0.25, -0.2) is 9.98 Å². The summed E-state index contributed by atoms with van der Waals surface area (Å²) < 4.78 is 6.42. The van der Waals surface area contributed by atoms with Crippen LogP contribution in [-0.2, 0) is 19.9 Å². The van der Waals surface area contributed by atoms with Crippen LogP contribution in [0, 0.1) is 0 Å². The SMILES string of the molecule is C[n+]1cc(/N=C(\[O-])c2sc3nc4c(cc3c2N)CC(c2ccccc2)CC4)on1. The van der Waals surface area contributed by atoms with Crippen LogP contribution in [0.1, 0.15) is 34.0 Å². The Bertz CT molecular complexity index is 1230. The highest BCUT2D eigenvalue weighted by molar-refractivity contribution is 7.21. The van der Waals surface area contributed by atoms with Gasteiger partial charge in [-0.05, 0) is 42.4 Å². The van der Waals surface area contributed by atoms with E-state index in [1.165, 1.54) is 33.3 Å². The number of pyridine rings is 1. The van der Waals surface area contributed by atoms with Crippen molar-refractivity contribution in [1.82, 2.24) is 10.3 Å². The summed E-state index contributed by atoms with van der Waals surface area (Å²) in [5, 5.41) is 17.1. The Morgan fingerprint density at radius 2 is 2.17 bits per heavy atom. The van der Waals surface area contributed by atoms with Gasteiger partial charge in [0.1, 0.15) is 4.83 Å². The largest absolute Gasteiger partial charge is 0.857 e. The number of fused-ring (bicyclic) bond motifs is 2. The number of rotatable bonds is 3. The van der Waals surface area contributed by atoms with Crippen molar-refractivity contribution in [1.29, 1.82) is 0 Å². The lowest BCUT2D eigenvalue weighted by Crippen LogP contribution is -2.27. The van der Waals surface area contributed by atoms with E-state index in [0.717, 1.165) is 35.2 Å². The molecular weight excluding hydrogens is 386 g/mol. The van der Waals surface area contributed by atoms with Crippen molar-refractivity contribution in [3.63, 3.8) is 0 Å². The minimum atomic E-state index is -0.442. The molecule has 0 bridgehead atoms. The lowest BCUT2D eigenvalue weighted by Gasteiger charge is -2.24. The number of anilines is 1. The van der Waals surface area contributed by atoms with E-state index in [2.05, 4.69) is 40.6 Å². The number of nitrogens with two attached hydrogens (primary N) is 1. The van der Waals surface area contributed by atoms with E-state index in [4.69, 9.17) is 15.2 Å². The summed E-state index contributed by atoms with van der Waals surface area (Å²) >= 11 is 1.28. The molecule has 5 rings (SSSR count). The van der Waals surface area contributed by atoms with Crippen LogP contribution in [0.5, 0.6) is 0 Å². The second-order valence-corrected chi connectivity index (χ2v) is 8.27. The van der Waals surface area contributed by atoms with E-state index in [-0.39, 0.29) is 5.88 Å². The minimum absolute atomic E-state index is 0.146. The van der Waals surface area contributed by atoms with Gasteiger partial charge in [-0.2, -0.15) is 0 Å². The molecule has 29 heavy (non-hydrogen) atoms. The summed E-state index contributed by atoms with van der Waals surface area (Å²) in [7, 11) is 1.69. The molecule has 1 aliphatic carbocycles. The number of aliphatic imine (C=N–C) groups is 1. The molecule has 4 aromatic rings. The predicted octanol–water partition coefficient (Wildman–Crippen LogP) is 2.40.